The minimum atomic E-state index is 0.726. The molecule has 0 aliphatic carbocycles. The van der Waals surface area contributed by atoms with E-state index in [1.165, 1.54) is 11.1 Å². The maximum atomic E-state index is 5.59. The van der Waals surface area contributed by atoms with E-state index in [1.54, 1.807) is 6.26 Å². The largest absolute Gasteiger partial charge is 0.432 e. The van der Waals surface area contributed by atoms with E-state index in [0.717, 1.165) is 44.3 Å². The van der Waals surface area contributed by atoms with Crippen LogP contribution in [-0.2, 0) is 19.6 Å². The van der Waals surface area contributed by atoms with Crippen LogP contribution >= 0.6 is 0 Å². The quantitative estimate of drug-likeness (QED) is 0.836. The molecule has 1 aliphatic rings. The number of fused-ring (bicyclic) bond motifs is 1. The molecule has 1 aliphatic heterocycles. The Morgan fingerprint density at radius 1 is 1.26 bits per heavy atom. The average Bonchev–Trinajstić information content (AvgIpc) is 3.04. The number of aromatic nitrogens is 1. The van der Waals surface area contributed by atoms with Gasteiger partial charge in [0.25, 0.3) is 6.01 Å². The van der Waals surface area contributed by atoms with Crippen LogP contribution in [-0.4, -0.2) is 11.5 Å². The van der Waals surface area contributed by atoms with Gasteiger partial charge in [0, 0.05) is 19.6 Å². The molecule has 4 nitrogen and oxygen atoms in total. The smallest absolute Gasteiger partial charge is 0.298 e. The van der Waals surface area contributed by atoms with Gasteiger partial charge in [-0.2, -0.15) is 4.98 Å². The molecule has 2 heterocycles. The lowest BCUT2D eigenvalue weighted by Gasteiger charge is -2.11. The van der Waals surface area contributed by atoms with Crippen LogP contribution < -0.4 is 10.2 Å². The maximum Gasteiger partial charge on any atom is 0.298 e. The van der Waals surface area contributed by atoms with Crippen molar-refractivity contribution in [1.29, 1.82) is 0 Å². The summed E-state index contributed by atoms with van der Waals surface area (Å²) in [6.07, 6.45) is 2.88. The monoisotopic (exact) mass is 257 g/mol. The molecular formula is C15H19N3O. The molecular weight excluding hydrogens is 238 g/mol. The van der Waals surface area contributed by atoms with E-state index < -0.39 is 0 Å². The number of rotatable bonds is 5. The highest BCUT2D eigenvalue weighted by molar-refractivity contribution is 5.42. The standard InChI is InChI=1S/C15H19N3O/c1-2-7-16-8-14-11-19-15(17-14)18-9-12-5-3-4-6-13(12)10-18/h3-6,11,16H,2,7-10H2,1H3. The summed E-state index contributed by atoms with van der Waals surface area (Å²) in [5.74, 6) is 0. The van der Waals surface area contributed by atoms with Crippen molar-refractivity contribution in [3.05, 3.63) is 47.3 Å². The predicted molar refractivity (Wildman–Crippen MR) is 74.8 cm³/mol. The average molecular weight is 257 g/mol. The van der Waals surface area contributed by atoms with Crippen LogP contribution in [0, 0.1) is 0 Å². The molecule has 0 fully saturated rings. The fraction of sp³-hybridized carbons (Fsp3) is 0.400. The fourth-order valence-corrected chi connectivity index (χ4v) is 2.38. The first-order valence-corrected chi connectivity index (χ1v) is 6.83. The Bertz CT molecular complexity index is 525. The number of anilines is 1. The molecule has 0 saturated heterocycles. The molecule has 0 amide bonds. The highest BCUT2D eigenvalue weighted by Crippen LogP contribution is 2.27. The second kappa shape index (κ2) is 5.45. The summed E-state index contributed by atoms with van der Waals surface area (Å²) >= 11 is 0. The zero-order valence-electron chi connectivity index (χ0n) is 11.2. The molecule has 1 N–H and O–H groups in total. The van der Waals surface area contributed by atoms with Gasteiger partial charge in [-0.15, -0.1) is 0 Å². The van der Waals surface area contributed by atoms with Crippen molar-refractivity contribution in [3.63, 3.8) is 0 Å². The molecule has 1 aromatic heterocycles. The topological polar surface area (TPSA) is 41.3 Å². The van der Waals surface area contributed by atoms with Crippen LogP contribution in [0.3, 0.4) is 0 Å². The highest BCUT2D eigenvalue weighted by Gasteiger charge is 2.22. The number of nitrogens with one attached hydrogen (secondary N) is 1. The van der Waals surface area contributed by atoms with Gasteiger partial charge in [-0.25, -0.2) is 0 Å². The Kier molecular flexibility index (Phi) is 3.51. The minimum Gasteiger partial charge on any atom is -0.432 e. The number of benzene rings is 1. The second-order valence-corrected chi connectivity index (χ2v) is 4.92. The summed E-state index contributed by atoms with van der Waals surface area (Å²) < 4.78 is 5.59. The molecule has 0 unspecified atom stereocenters. The van der Waals surface area contributed by atoms with Crippen LogP contribution in [0.1, 0.15) is 30.2 Å². The molecule has 2 aromatic rings. The first kappa shape index (κ1) is 12.2. The van der Waals surface area contributed by atoms with Crippen LogP contribution in [0.4, 0.5) is 6.01 Å². The van der Waals surface area contributed by atoms with Crippen molar-refractivity contribution < 1.29 is 4.42 Å². The molecule has 0 radical (unpaired) electrons. The van der Waals surface area contributed by atoms with Gasteiger partial charge in [0.1, 0.15) is 6.26 Å². The summed E-state index contributed by atoms with van der Waals surface area (Å²) in [4.78, 5) is 6.72. The third-order valence-corrected chi connectivity index (χ3v) is 3.38. The SMILES string of the molecule is CCCNCc1coc(N2Cc3ccccc3C2)n1. The second-order valence-electron chi connectivity index (χ2n) is 4.92. The summed E-state index contributed by atoms with van der Waals surface area (Å²) in [5, 5.41) is 3.33. The Hall–Kier alpha value is -1.81. The van der Waals surface area contributed by atoms with Crippen LogP contribution in [0.25, 0.3) is 0 Å². The van der Waals surface area contributed by atoms with Gasteiger partial charge in [-0.1, -0.05) is 31.2 Å². The van der Waals surface area contributed by atoms with E-state index in [-0.39, 0.29) is 0 Å². The molecule has 0 bridgehead atoms. The number of nitrogens with zero attached hydrogens (tertiary/aromatic N) is 2. The van der Waals surface area contributed by atoms with E-state index >= 15 is 0 Å². The van der Waals surface area contributed by atoms with Gasteiger partial charge in [-0.3, -0.25) is 0 Å². The van der Waals surface area contributed by atoms with Crippen molar-refractivity contribution in [2.45, 2.75) is 33.0 Å². The van der Waals surface area contributed by atoms with E-state index in [9.17, 15) is 0 Å². The molecule has 4 heteroatoms. The van der Waals surface area contributed by atoms with Gasteiger partial charge >= 0.3 is 0 Å². The minimum absolute atomic E-state index is 0.726. The molecule has 3 rings (SSSR count). The van der Waals surface area contributed by atoms with Crippen LogP contribution in [0.15, 0.2) is 34.9 Å². The van der Waals surface area contributed by atoms with Gasteiger partial charge < -0.3 is 14.6 Å². The van der Waals surface area contributed by atoms with Crippen LogP contribution in [0.5, 0.6) is 0 Å². The Balaban J connectivity index is 1.65. The zero-order valence-corrected chi connectivity index (χ0v) is 11.2. The summed E-state index contributed by atoms with van der Waals surface area (Å²) in [6, 6.07) is 9.23. The predicted octanol–water partition coefficient (Wildman–Crippen LogP) is 2.69. The van der Waals surface area contributed by atoms with E-state index in [1.807, 2.05) is 0 Å². The molecule has 1 aromatic carbocycles. The highest BCUT2D eigenvalue weighted by atomic mass is 16.4. The number of oxazole rings is 1. The fourth-order valence-electron chi connectivity index (χ4n) is 2.38. The van der Waals surface area contributed by atoms with Crippen molar-refractivity contribution >= 4 is 6.01 Å². The van der Waals surface area contributed by atoms with Gasteiger partial charge in [-0.05, 0) is 24.1 Å². The lowest BCUT2D eigenvalue weighted by molar-refractivity contribution is 0.536. The third-order valence-electron chi connectivity index (χ3n) is 3.38. The summed E-state index contributed by atoms with van der Waals surface area (Å²) in [7, 11) is 0. The van der Waals surface area contributed by atoms with E-state index in [4.69, 9.17) is 4.42 Å². The lowest BCUT2D eigenvalue weighted by atomic mass is 10.1. The zero-order chi connectivity index (χ0) is 13.1. The maximum absolute atomic E-state index is 5.59. The molecule has 0 saturated carbocycles. The number of hydrogen-bond donors (Lipinski definition) is 1. The molecule has 19 heavy (non-hydrogen) atoms. The Morgan fingerprint density at radius 3 is 2.68 bits per heavy atom. The van der Waals surface area contributed by atoms with Gasteiger partial charge in [0.2, 0.25) is 0 Å². The first-order chi connectivity index (χ1) is 9.36. The normalized spacial score (nSPS) is 13.8. The third kappa shape index (κ3) is 2.63. The lowest BCUT2D eigenvalue weighted by Crippen LogP contribution is -2.16. The van der Waals surface area contributed by atoms with Gasteiger partial charge in [0.05, 0.1) is 5.69 Å². The van der Waals surface area contributed by atoms with Crippen molar-refractivity contribution in [1.82, 2.24) is 10.3 Å². The Labute approximate surface area is 113 Å². The van der Waals surface area contributed by atoms with E-state index in [2.05, 4.69) is 46.4 Å². The molecule has 100 valence electrons. The first-order valence-electron chi connectivity index (χ1n) is 6.83. The van der Waals surface area contributed by atoms with Crippen LogP contribution in [0.2, 0.25) is 0 Å². The van der Waals surface area contributed by atoms with E-state index in [0.29, 0.717) is 0 Å². The Morgan fingerprint density at radius 2 is 2.00 bits per heavy atom. The van der Waals surface area contributed by atoms with Gasteiger partial charge in [0.15, 0.2) is 0 Å². The number of hydrogen-bond acceptors (Lipinski definition) is 4. The molecule has 0 atom stereocenters. The molecule has 0 spiro atoms. The summed E-state index contributed by atoms with van der Waals surface area (Å²) in [5.41, 5.74) is 3.71. The van der Waals surface area contributed by atoms with Crippen molar-refractivity contribution in [2.24, 2.45) is 0 Å². The van der Waals surface area contributed by atoms with Crippen molar-refractivity contribution in [2.75, 3.05) is 11.4 Å². The van der Waals surface area contributed by atoms with Crippen molar-refractivity contribution in [3.8, 4) is 0 Å². The summed E-state index contributed by atoms with van der Waals surface area (Å²) in [6.45, 7) is 5.72.